The summed E-state index contributed by atoms with van der Waals surface area (Å²) >= 11 is 1.24. The van der Waals surface area contributed by atoms with Gasteiger partial charge in [-0.1, -0.05) is 20.4 Å². The minimum absolute atomic E-state index is 0.0278. The minimum atomic E-state index is -0.440. The second-order valence-electron chi connectivity index (χ2n) is 5.46. The number of nitro benzene ring substituents is 1. The van der Waals surface area contributed by atoms with Crippen molar-refractivity contribution in [1.82, 2.24) is 4.90 Å². The number of rotatable bonds is 4. The standard InChI is InChI=1S/C15H17N3O3S/c1-9(2)8-17-14(19)11(4)22-15(17)16-13-6-5-12(18(20)21)7-10(13)3/h5-7,9H,4,8H2,1-3H3/b16-15-. The van der Waals surface area contributed by atoms with Crippen molar-refractivity contribution in [3.8, 4) is 0 Å². The van der Waals surface area contributed by atoms with Crippen molar-refractivity contribution in [2.24, 2.45) is 10.9 Å². The van der Waals surface area contributed by atoms with Crippen molar-refractivity contribution in [2.45, 2.75) is 20.8 Å². The van der Waals surface area contributed by atoms with Crippen LogP contribution in [0.2, 0.25) is 0 Å². The number of benzene rings is 1. The molecule has 1 aliphatic rings. The third-order valence-electron chi connectivity index (χ3n) is 3.08. The van der Waals surface area contributed by atoms with Gasteiger partial charge in [-0.05, 0) is 36.2 Å². The molecule has 0 radical (unpaired) electrons. The lowest BCUT2D eigenvalue weighted by atomic mass is 10.2. The van der Waals surface area contributed by atoms with E-state index in [1.165, 1.54) is 23.9 Å². The first-order valence-corrected chi connectivity index (χ1v) is 7.63. The molecule has 1 amide bonds. The molecule has 1 aromatic carbocycles. The molecule has 116 valence electrons. The van der Waals surface area contributed by atoms with Crippen LogP contribution in [0, 0.1) is 23.0 Å². The molecule has 1 saturated heterocycles. The predicted molar refractivity (Wildman–Crippen MR) is 88.2 cm³/mol. The highest BCUT2D eigenvalue weighted by atomic mass is 32.2. The number of hydrogen-bond donors (Lipinski definition) is 0. The summed E-state index contributed by atoms with van der Waals surface area (Å²) in [6.45, 7) is 10.1. The summed E-state index contributed by atoms with van der Waals surface area (Å²) in [5.74, 6) is 0.177. The van der Waals surface area contributed by atoms with Crippen LogP contribution in [0.15, 0.2) is 34.7 Å². The molecule has 0 unspecified atom stereocenters. The SMILES string of the molecule is C=C1S/C(=N\c2ccc([N+](=O)[O-])cc2C)N(CC(C)C)C1=O. The fourth-order valence-corrected chi connectivity index (χ4v) is 2.87. The van der Waals surface area contributed by atoms with Crippen LogP contribution in [0.1, 0.15) is 19.4 Å². The van der Waals surface area contributed by atoms with Crippen molar-refractivity contribution in [2.75, 3.05) is 6.54 Å². The molecule has 1 aliphatic heterocycles. The highest BCUT2D eigenvalue weighted by Crippen LogP contribution is 2.33. The number of nitrogens with zero attached hydrogens (tertiary/aromatic N) is 3. The lowest BCUT2D eigenvalue weighted by Crippen LogP contribution is -2.32. The summed E-state index contributed by atoms with van der Waals surface area (Å²) in [4.78, 5) is 29.0. The Kier molecular flexibility index (Phi) is 4.65. The maximum Gasteiger partial charge on any atom is 0.269 e. The van der Waals surface area contributed by atoms with Crippen molar-refractivity contribution < 1.29 is 9.72 Å². The Morgan fingerprint density at radius 2 is 2.14 bits per heavy atom. The van der Waals surface area contributed by atoms with E-state index in [1.807, 2.05) is 13.8 Å². The van der Waals surface area contributed by atoms with E-state index in [0.717, 1.165) is 0 Å². The second kappa shape index (κ2) is 6.31. The normalized spacial score (nSPS) is 16.9. The zero-order valence-electron chi connectivity index (χ0n) is 12.7. The Morgan fingerprint density at radius 1 is 1.45 bits per heavy atom. The van der Waals surface area contributed by atoms with Gasteiger partial charge in [-0.25, -0.2) is 4.99 Å². The predicted octanol–water partition coefficient (Wildman–Crippen LogP) is 3.64. The van der Waals surface area contributed by atoms with Crippen LogP contribution < -0.4 is 0 Å². The number of aryl methyl sites for hydroxylation is 1. The number of aliphatic imine (C=N–C) groups is 1. The largest absolute Gasteiger partial charge is 0.286 e. The number of non-ortho nitro benzene ring substituents is 1. The summed E-state index contributed by atoms with van der Waals surface area (Å²) in [5.41, 5.74) is 1.33. The van der Waals surface area contributed by atoms with Crippen molar-refractivity contribution in [3.63, 3.8) is 0 Å². The van der Waals surface area contributed by atoms with Crippen LogP contribution in [0.5, 0.6) is 0 Å². The van der Waals surface area contributed by atoms with Crippen LogP contribution in [-0.2, 0) is 4.79 Å². The summed E-state index contributed by atoms with van der Waals surface area (Å²) in [7, 11) is 0. The van der Waals surface area contributed by atoms with E-state index in [4.69, 9.17) is 0 Å². The first-order chi connectivity index (χ1) is 10.3. The van der Waals surface area contributed by atoms with Gasteiger partial charge in [0, 0.05) is 18.7 Å². The third kappa shape index (κ3) is 3.36. The zero-order chi connectivity index (χ0) is 16.4. The molecule has 7 heteroatoms. The van der Waals surface area contributed by atoms with E-state index in [-0.39, 0.29) is 11.6 Å². The van der Waals surface area contributed by atoms with Gasteiger partial charge in [0.2, 0.25) is 0 Å². The summed E-state index contributed by atoms with van der Waals surface area (Å²) in [6, 6.07) is 4.48. The second-order valence-corrected chi connectivity index (χ2v) is 6.52. The lowest BCUT2D eigenvalue weighted by Gasteiger charge is -2.18. The number of carbonyl (C=O) groups is 1. The van der Waals surface area contributed by atoms with Gasteiger partial charge in [0.15, 0.2) is 5.17 Å². The van der Waals surface area contributed by atoms with Gasteiger partial charge in [0.05, 0.1) is 15.5 Å². The van der Waals surface area contributed by atoms with Gasteiger partial charge in [0.25, 0.3) is 11.6 Å². The van der Waals surface area contributed by atoms with Gasteiger partial charge in [-0.2, -0.15) is 0 Å². The number of amidine groups is 1. The molecular weight excluding hydrogens is 302 g/mol. The molecule has 6 nitrogen and oxygen atoms in total. The first-order valence-electron chi connectivity index (χ1n) is 6.82. The number of carbonyl (C=O) groups excluding carboxylic acids is 1. The van der Waals surface area contributed by atoms with E-state index in [1.54, 1.807) is 17.9 Å². The average molecular weight is 319 g/mol. The third-order valence-corrected chi connectivity index (χ3v) is 4.00. The lowest BCUT2D eigenvalue weighted by molar-refractivity contribution is -0.384. The number of hydrogen-bond acceptors (Lipinski definition) is 5. The van der Waals surface area contributed by atoms with Gasteiger partial charge >= 0.3 is 0 Å². The summed E-state index contributed by atoms with van der Waals surface area (Å²) < 4.78 is 0. The molecule has 0 bridgehead atoms. The molecule has 0 aromatic heterocycles. The monoisotopic (exact) mass is 319 g/mol. The molecular formula is C15H17N3O3S. The Bertz CT molecular complexity index is 683. The fourth-order valence-electron chi connectivity index (χ4n) is 2.04. The molecule has 1 aromatic rings. The molecule has 0 atom stereocenters. The van der Waals surface area contributed by atoms with Crippen LogP contribution >= 0.6 is 11.8 Å². The van der Waals surface area contributed by atoms with E-state index in [0.29, 0.717) is 33.8 Å². The molecule has 0 N–H and O–H groups in total. The van der Waals surface area contributed by atoms with E-state index < -0.39 is 4.92 Å². The summed E-state index contributed by atoms with van der Waals surface area (Å²) in [5, 5.41) is 11.3. The van der Waals surface area contributed by atoms with E-state index in [9.17, 15) is 14.9 Å². The van der Waals surface area contributed by atoms with Crippen molar-refractivity contribution >= 4 is 34.2 Å². The van der Waals surface area contributed by atoms with Crippen molar-refractivity contribution in [3.05, 3.63) is 45.4 Å². The summed E-state index contributed by atoms with van der Waals surface area (Å²) in [6.07, 6.45) is 0. The maximum atomic E-state index is 12.1. The quantitative estimate of drug-likeness (QED) is 0.482. The Labute approximate surface area is 133 Å². The molecule has 0 aliphatic carbocycles. The number of nitro groups is 1. The van der Waals surface area contributed by atoms with Gasteiger partial charge < -0.3 is 0 Å². The Balaban J connectivity index is 2.36. The number of thioether (sulfide) groups is 1. The topological polar surface area (TPSA) is 75.8 Å². The molecule has 1 fully saturated rings. The van der Waals surface area contributed by atoms with Crippen molar-refractivity contribution in [1.29, 1.82) is 0 Å². The average Bonchev–Trinajstić information content (AvgIpc) is 2.68. The van der Waals surface area contributed by atoms with Gasteiger partial charge in [-0.3, -0.25) is 19.8 Å². The van der Waals surface area contributed by atoms with Crippen LogP contribution in [0.25, 0.3) is 0 Å². The van der Waals surface area contributed by atoms with E-state index >= 15 is 0 Å². The Hall–Kier alpha value is -2.15. The minimum Gasteiger partial charge on any atom is -0.286 e. The zero-order valence-corrected chi connectivity index (χ0v) is 13.5. The van der Waals surface area contributed by atoms with Gasteiger partial charge in [0.1, 0.15) is 0 Å². The highest BCUT2D eigenvalue weighted by molar-refractivity contribution is 8.18. The number of amides is 1. The smallest absolute Gasteiger partial charge is 0.269 e. The van der Waals surface area contributed by atoms with Crippen LogP contribution in [0.4, 0.5) is 11.4 Å². The molecule has 2 rings (SSSR count). The Morgan fingerprint density at radius 3 is 2.68 bits per heavy atom. The van der Waals surface area contributed by atoms with Crippen LogP contribution in [0.3, 0.4) is 0 Å². The molecule has 0 saturated carbocycles. The maximum absolute atomic E-state index is 12.1. The van der Waals surface area contributed by atoms with Crippen LogP contribution in [-0.4, -0.2) is 27.4 Å². The molecule has 0 spiro atoms. The van der Waals surface area contributed by atoms with Gasteiger partial charge in [-0.15, -0.1) is 0 Å². The molecule has 1 heterocycles. The molecule has 22 heavy (non-hydrogen) atoms. The highest BCUT2D eigenvalue weighted by Gasteiger charge is 2.32. The fraction of sp³-hybridized carbons (Fsp3) is 0.333. The first kappa shape index (κ1) is 16.2. The van der Waals surface area contributed by atoms with E-state index in [2.05, 4.69) is 11.6 Å².